The lowest BCUT2D eigenvalue weighted by Gasteiger charge is -2.19. The van der Waals surface area contributed by atoms with E-state index in [1.807, 2.05) is 0 Å². The lowest BCUT2D eigenvalue weighted by Crippen LogP contribution is -2.12. The highest BCUT2D eigenvalue weighted by Gasteiger charge is 2.60. The van der Waals surface area contributed by atoms with Gasteiger partial charge in [0.15, 0.2) is 11.5 Å². The van der Waals surface area contributed by atoms with E-state index in [2.05, 4.69) is 23.6 Å². The summed E-state index contributed by atoms with van der Waals surface area (Å²) in [7, 11) is -16.1. The van der Waals surface area contributed by atoms with Crippen LogP contribution in [0.25, 0.3) is 11.2 Å². The highest BCUT2D eigenvalue weighted by Crippen LogP contribution is 2.69. The summed E-state index contributed by atoms with van der Waals surface area (Å²) in [5.74, 6) is -0.178. The third-order valence-electron chi connectivity index (χ3n) is 4.87. The number of nitrogens with two attached hydrogens (primary N) is 2. The van der Waals surface area contributed by atoms with Crippen molar-refractivity contribution in [3.63, 3.8) is 0 Å². The molecule has 19 heteroatoms. The van der Waals surface area contributed by atoms with Crippen molar-refractivity contribution in [2.24, 2.45) is 11.8 Å². The van der Waals surface area contributed by atoms with Crippen LogP contribution in [0.4, 0.5) is 11.8 Å². The maximum Gasteiger partial charge on any atom is 0.490 e. The number of nitrogen functional groups attached to an aromatic ring is 2. The maximum absolute atomic E-state index is 11.9. The lowest BCUT2D eigenvalue weighted by molar-refractivity contribution is 0.148. The molecule has 4 unspecified atom stereocenters. The molecule has 0 aromatic carbocycles. The number of rotatable bonds is 7. The van der Waals surface area contributed by atoms with Gasteiger partial charge in [-0.15, -0.1) is 0 Å². The smallest absolute Gasteiger partial charge is 0.382 e. The van der Waals surface area contributed by atoms with Crippen LogP contribution in [0.5, 0.6) is 0 Å². The van der Waals surface area contributed by atoms with Gasteiger partial charge in [0.1, 0.15) is 5.52 Å². The number of imidazole rings is 1. The second kappa shape index (κ2) is 7.04. The van der Waals surface area contributed by atoms with Gasteiger partial charge in [-0.1, -0.05) is 0 Å². The molecule has 6 atom stereocenters. The first kappa shape index (κ1) is 21.8. The van der Waals surface area contributed by atoms with Crippen LogP contribution in [0.2, 0.25) is 0 Å². The summed E-state index contributed by atoms with van der Waals surface area (Å²) in [5, 5.41) is 0. The molecule has 2 aromatic rings. The number of fused-ring (bicyclic) bond motifs is 2. The molecule has 166 valence electrons. The van der Waals surface area contributed by atoms with Crippen molar-refractivity contribution in [1.29, 1.82) is 0 Å². The fourth-order valence-electron chi connectivity index (χ4n) is 3.81. The average Bonchev–Trinajstić information content (AvgIpc) is 2.93. The van der Waals surface area contributed by atoms with Crippen molar-refractivity contribution in [3.8, 4) is 0 Å². The molecule has 0 amide bonds. The van der Waals surface area contributed by atoms with Gasteiger partial charge in [0.05, 0.1) is 12.4 Å². The van der Waals surface area contributed by atoms with E-state index in [0.29, 0.717) is 24.0 Å². The molecule has 4 rings (SSSR count). The summed E-state index contributed by atoms with van der Waals surface area (Å²) in [5.41, 5.74) is 12.3. The summed E-state index contributed by atoms with van der Waals surface area (Å²) in [6.07, 6.45) is 1.83. The molecule has 2 aromatic heterocycles. The van der Waals surface area contributed by atoms with E-state index in [-0.39, 0.29) is 29.6 Å². The van der Waals surface area contributed by atoms with Crippen molar-refractivity contribution >= 4 is 46.4 Å². The van der Waals surface area contributed by atoms with Gasteiger partial charge < -0.3 is 35.6 Å². The van der Waals surface area contributed by atoms with Crippen molar-refractivity contribution in [1.82, 2.24) is 19.5 Å². The predicted molar refractivity (Wildman–Crippen MR) is 98.1 cm³/mol. The molecule has 0 spiro atoms. The predicted octanol–water partition coefficient (Wildman–Crippen LogP) is 0.283. The Morgan fingerprint density at radius 1 is 1.00 bits per heavy atom. The number of hydrogen-bond donors (Lipinski definition) is 6. The maximum atomic E-state index is 11.9. The minimum absolute atomic E-state index is 0.00422. The third kappa shape index (κ3) is 4.43. The zero-order valence-corrected chi connectivity index (χ0v) is 17.5. The van der Waals surface area contributed by atoms with E-state index in [4.69, 9.17) is 25.8 Å². The van der Waals surface area contributed by atoms with Crippen LogP contribution in [0.1, 0.15) is 18.9 Å². The molecule has 0 bridgehead atoms. The molecular formula is C11H17N6O10P3. The summed E-state index contributed by atoms with van der Waals surface area (Å²) in [6.45, 7) is 0. The SMILES string of the molecule is Nc1nc(N)c2ncn([C@H]3CC4C(OP(=O)(O)OP(=O)(O)OP(=O)(O)O)[C@H]4C3)c2n1. The Morgan fingerprint density at radius 3 is 2.23 bits per heavy atom. The molecule has 2 fully saturated rings. The molecule has 2 aliphatic carbocycles. The van der Waals surface area contributed by atoms with Gasteiger partial charge in [-0.25, -0.2) is 18.7 Å². The third-order valence-corrected chi connectivity index (χ3v) is 8.71. The molecule has 2 heterocycles. The highest BCUT2D eigenvalue weighted by molar-refractivity contribution is 7.66. The minimum atomic E-state index is -5.53. The van der Waals surface area contributed by atoms with Crippen LogP contribution in [-0.4, -0.2) is 45.2 Å². The second-order valence-corrected chi connectivity index (χ2v) is 11.3. The number of phosphoric acid groups is 3. The Morgan fingerprint density at radius 2 is 1.63 bits per heavy atom. The van der Waals surface area contributed by atoms with Crippen molar-refractivity contribution in [3.05, 3.63) is 6.33 Å². The van der Waals surface area contributed by atoms with Gasteiger partial charge in [0.25, 0.3) is 0 Å². The Hall–Kier alpha value is -1.44. The van der Waals surface area contributed by atoms with Crippen molar-refractivity contribution in [2.45, 2.75) is 25.0 Å². The summed E-state index contributed by atoms with van der Waals surface area (Å²) in [4.78, 5) is 48.1. The van der Waals surface area contributed by atoms with Crippen molar-refractivity contribution in [2.75, 3.05) is 11.5 Å². The van der Waals surface area contributed by atoms with Gasteiger partial charge in [0.2, 0.25) is 5.95 Å². The van der Waals surface area contributed by atoms with Crippen LogP contribution in [0.3, 0.4) is 0 Å². The monoisotopic (exact) mass is 486 g/mol. The zero-order chi connectivity index (χ0) is 22.1. The van der Waals surface area contributed by atoms with Crippen LogP contribution in [0.15, 0.2) is 6.33 Å². The number of anilines is 2. The Bertz CT molecular complexity index is 1140. The number of nitrogens with zero attached hydrogens (tertiary/aromatic N) is 4. The molecule has 0 radical (unpaired) electrons. The number of hydrogen-bond acceptors (Lipinski definition) is 11. The standard InChI is InChI=1S/C11H17N6O10P3/c12-9-7-10(16-11(13)15-9)17(3-14-7)4-1-5-6(2-4)8(5)25-29(21,22)27-30(23,24)26-28(18,19)20/h3-6,8H,1-2H2,(H,21,22)(H,23,24)(H2,18,19,20)(H4,12,13,15,16)/t4-,5+,6?,8?/m1/s1. The van der Waals surface area contributed by atoms with Crippen LogP contribution in [0, 0.1) is 11.8 Å². The van der Waals surface area contributed by atoms with Crippen molar-refractivity contribution < 1.29 is 46.4 Å². The molecule has 0 aliphatic heterocycles. The van der Waals surface area contributed by atoms with E-state index in [0.717, 1.165) is 0 Å². The largest absolute Gasteiger partial charge is 0.490 e. The number of phosphoric ester groups is 1. The van der Waals surface area contributed by atoms with Crippen LogP contribution >= 0.6 is 23.5 Å². The van der Waals surface area contributed by atoms with E-state index < -0.39 is 29.6 Å². The molecule has 16 nitrogen and oxygen atoms in total. The van der Waals surface area contributed by atoms with E-state index >= 15 is 0 Å². The van der Waals surface area contributed by atoms with Gasteiger partial charge in [-0.3, -0.25) is 4.52 Å². The normalized spacial score (nSPS) is 30.0. The molecule has 2 saturated carbocycles. The molecule has 0 saturated heterocycles. The Labute approximate surface area is 167 Å². The average molecular weight is 486 g/mol. The van der Waals surface area contributed by atoms with Crippen LogP contribution < -0.4 is 11.5 Å². The molecular weight excluding hydrogens is 469 g/mol. The Kier molecular flexibility index (Phi) is 5.11. The van der Waals surface area contributed by atoms with Gasteiger partial charge >= 0.3 is 23.5 Å². The fourth-order valence-corrected chi connectivity index (χ4v) is 7.09. The first-order chi connectivity index (χ1) is 13.7. The first-order valence-corrected chi connectivity index (χ1v) is 12.8. The number of aromatic nitrogens is 4. The molecule has 8 N–H and O–H groups in total. The highest BCUT2D eigenvalue weighted by atomic mass is 31.3. The minimum Gasteiger partial charge on any atom is -0.382 e. The topological polar surface area (TPSA) is 255 Å². The molecule has 30 heavy (non-hydrogen) atoms. The Balaban J connectivity index is 1.40. The summed E-state index contributed by atoms with van der Waals surface area (Å²) < 4.78 is 48.1. The summed E-state index contributed by atoms with van der Waals surface area (Å²) in [6, 6.07) is -0.0699. The quantitative estimate of drug-likeness (QED) is 0.287. The first-order valence-electron chi connectivity index (χ1n) is 8.32. The van der Waals surface area contributed by atoms with Gasteiger partial charge in [-0.2, -0.15) is 18.6 Å². The van der Waals surface area contributed by atoms with Gasteiger partial charge in [0, 0.05) is 6.04 Å². The van der Waals surface area contributed by atoms with Gasteiger partial charge in [-0.05, 0) is 24.7 Å². The van der Waals surface area contributed by atoms with E-state index in [1.54, 1.807) is 10.9 Å². The summed E-state index contributed by atoms with van der Waals surface area (Å²) >= 11 is 0. The molecule has 2 aliphatic rings. The lowest BCUT2D eigenvalue weighted by atomic mass is 10.1. The van der Waals surface area contributed by atoms with E-state index in [9.17, 15) is 23.5 Å². The van der Waals surface area contributed by atoms with Crippen LogP contribution in [-0.2, 0) is 26.8 Å². The fraction of sp³-hybridized carbons (Fsp3) is 0.545. The van der Waals surface area contributed by atoms with E-state index in [1.165, 1.54) is 0 Å². The second-order valence-electron chi connectivity index (χ2n) is 6.91. The zero-order valence-electron chi connectivity index (χ0n) is 14.8.